The Morgan fingerprint density at radius 2 is 1.79 bits per heavy atom. The number of hydrogen-bond donors (Lipinski definition) is 4. The number of likely N-dealkylation sites (N-methyl/N-ethyl adjacent to an activating group) is 1. The second-order valence-electron chi connectivity index (χ2n) is 9.46. The summed E-state index contributed by atoms with van der Waals surface area (Å²) in [4.78, 5) is 78.3. The van der Waals surface area contributed by atoms with Gasteiger partial charge >= 0.3 is 0 Å². The molecule has 11 heteroatoms. The van der Waals surface area contributed by atoms with Gasteiger partial charge in [-0.25, -0.2) is 0 Å². The first-order valence-corrected chi connectivity index (χ1v) is 10.8. The molecule has 5 N–H and O–H groups in total. The third-order valence-corrected chi connectivity index (χ3v) is 7.26. The van der Waals surface area contributed by atoms with Crippen molar-refractivity contribution in [2.45, 2.75) is 31.4 Å². The maximum absolute atomic E-state index is 13.6. The molecule has 3 aliphatic carbocycles. The number of ketones is 4. The number of nitrogens with one attached hydrogen (secondary N) is 1. The number of rotatable bonds is 3. The molecule has 34 heavy (non-hydrogen) atoms. The number of Topliss-reactive ketones (excluding diaryl/α,β-unsaturated/α-hetero) is 4. The molecule has 0 heterocycles. The summed E-state index contributed by atoms with van der Waals surface area (Å²) >= 11 is 0. The number of nitrogens with two attached hydrogens (primary N) is 1. The number of benzene rings is 1. The van der Waals surface area contributed by atoms with Gasteiger partial charge in [-0.15, -0.1) is 0 Å². The quantitative estimate of drug-likeness (QED) is 0.311. The average molecular weight is 471 g/mol. The molecule has 0 saturated heterocycles. The highest BCUT2D eigenvalue weighted by molar-refractivity contribution is 6.32. The van der Waals surface area contributed by atoms with Crippen LogP contribution in [0, 0.1) is 23.7 Å². The van der Waals surface area contributed by atoms with E-state index in [-0.39, 0.29) is 18.4 Å². The molecule has 2 fully saturated rings. The lowest BCUT2D eigenvalue weighted by molar-refractivity contribution is -0.181. The summed E-state index contributed by atoms with van der Waals surface area (Å²) in [6.07, 6.45) is 0.0227. The number of fused-ring (bicyclic) bond motifs is 3. The molecule has 1 aromatic rings. The van der Waals surface area contributed by atoms with Crippen LogP contribution in [-0.2, 0) is 30.4 Å². The maximum atomic E-state index is 13.6. The lowest BCUT2D eigenvalue weighted by Gasteiger charge is -2.52. The molecular weight excluding hydrogens is 446 g/mol. The van der Waals surface area contributed by atoms with Crippen LogP contribution < -0.4 is 11.1 Å². The number of phenolic OH excluding ortho intramolecular Hbond substituents is 1. The van der Waals surface area contributed by atoms with Crippen molar-refractivity contribution in [3.8, 4) is 5.75 Å². The van der Waals surface area contributed by atoms with Gasteiger partial charge in [0.15, 0.2) is 34.7 Å². The van der Waals surface area contributed by atoms with Crippen LogP contribution in [0.2, 0.25) is 0 Å². The molecule has 0 radical (unpaired) electrons. The zero-order chi connectivity index (χ0) is 25.3. The number of hydrogen-bond acceptors (Lipinski definition) is 9. The van der Waals surface area contributed by atoms with Gasteiger partial charge in [0.1, 0.15) is 5.75 Å². The molecule has 0 spiro atoms. The standard InChI is InChI=1S/C23H25N3O8/c1-8(27)25-12-4-5-13(28)15-10(12)6-9-7-11-17(26(2)3)19(30)16(22(24)33)21(32)23(11,34)20(31)14(9)18(15)29/h4-5,9,11,14,16-17,28,34H,6-7H2,1-3H3,(H2,24,33)(H,25,27)/t9-,11-,14?,16?,17-,23-/m0/s1. The number of amides is 2. The van der Waals surface area contributed by atoms with Gasteiger partial charge in [0.05, 0.1) is 17.5 Å². The fraction of sp³-hybridized carbons (Fsp3) is 0.478. The Morgan fingerprint density at radius 3 is 2.35 bits per heavy atom. The molecule has 0 bridgehead atoms. The van der Waals surface area contributed by atoms with E-state index < -0.39 is 76.0 Å². The van der Waals surface area contributed by atoms with Gasteiger partial charge in [0.2, 0.25) is 11.8 Å². The summed E-state index contributed by atoms with van der Waals surface area (Å²) in [7, 11) is 3.03. The zero-order valence-corrected chi connectivity index (χ0v) is 18.8. The van der Waals surface area contributed by atoms with E-state index in [1.54, 1.807) is 0 Å². The van der Waals surface area contributed by atoms with E-state index in [2.05, 4.69) is 5.32 Å². The summed E-state index contributed by atoms with van der Waals surface area (Å²) in [5.74, 6) is -11.5. The lowest BCUT2D eigenvalue weighted by atomic mass is 9.52. The smallest absolute Gasteiger partial charge is 0.235 e. The highest BCUT2D eigenvalue weighted by Crippen LogP contribution is 2.51. The summed E-state index contributed by atoms with van der Waals surface area (Å²) in [6.45, 7) is 1.28. The topological polar surface area (TPSA) is 184 Å². The van der Waals surface area contributed by atoms with Gasteiger partial charge in [-0.2, -0.15) is 0 Å². The Balaban J connectivity index is 1.87. The van der Waals surface area contributed by atoms with Crippen LogP contribution in [0.25, 0.3) is 0 Å². The number of nitrogens with zero attached hydrogens (tertiary/aromatic N) is 1. The van der Waals surface area contributed by atoms with Crippen LogP contribution in [0.3, 0.4) is 0 Å². The van der Waals surface area contributed by atoms with Crippen LogP contribution >= 0.6 is 0 Å². The van der Waals surface area contributed by atoms with E-state index in [0.717, 1.165) is 0 Å². The van der Waals surface area contributed by atoms with E-state index in [9.17, 15) is 39.0 Å². The minimum absolute atomic E-state index is 0.0565. The third-order valence-electron chi connectivity index (χ3n) is 7.26. The second kappa shape index (κ2) is 7.81. The molecular formula is C23H25N3O8. The molecule has 2 amide bonds. The van der Waals surface area contributed by atoms with E-state index in [1.807, 2.05) is 0 Å². The Bertz CT molecular complexity index is 1170. The molecule has 4 rings (SSSR count). The van der Waals surface area contributed by atoms with Gasteiger partial charge in [-0.1, -0.05) is 0 Å². The Hall–Kier alpha value is -3.44. The van der Waals surface area contributed by atoms with Crippen molar-refractivity contribution in [2.24, 2.45) is 29.4 Å². The molecule has 2 unspecified atom stereocenters. The molecule has 0 aliphatic heterocycles. The normalized spacial score (nSPS) is 32.7. The van der Waals surface area contributed by atoms with E-state index in [0.29, 0.717) is 11.3 Å². The summed E-state index contributed by atoms with van der Waals surface area (Å²) in [5.41, 5.74) is 2.99. The van der Waals surface area contributed by atoms with Gasteiger partial charge in [0.25, 0.3) is 0 Å². The highest BCUT2D eigenvalue weighted by atomic mass is 16.3. The fourth-order valence-corrected chi connectivity index (χ4v) is 5.91. The van der Waals surface area contributed by atoms with Crippen LogP contribution in [0.1, 0.15) is 29.3 Å². The summed E-state index contributed by atoms with van der Waals surface area (Å²) < 4.78 is 0. The van der Waals surface area contributed by atoms with Gasteiger partial charge in [-0.05, 0) is 50.6 Å². The minimum atomic E-state index is -2.76. The van der Waals surface area contributed by atoms with Crippen molar-refractivity contribution in [2.75, 3.05) is 19.4 Å². The molecule has 0 aromatic heterocycles. The minimum Gasteiger partial charge on any atom is -0.507 e. The zero-order valence-electron chi connectivity index (χ0n) is 18.8. The van der Waals surface area contributed by atoms with Crippen LogP contribution in [0.5, 0.6) is 5.75 Å². The first-order chi connectivity index (χ1) is 15.8. The van der Waals surface area contributed by atoms with E-state index >= 15 is 0 Å². The SMILES string of the molecule is CC(=O)Nc1ccc(O)c2c1C[C@H]1C[C@H]3[C@H](N(C)C)C(=O)C(C(N)=O)C(=O)[C@@]3(O)C(=O)C1C2=O. The van der Waals surface area contributed by atoms with Crippen molar-refractivity contribution in [1.29, 1.82) is 0 Å². The first kappa shape index (κ1) is 23.7. The van der Waals surface area contributed by atoms with Gasteiger partial charge in [0, 0.05) is 18.5 Å². The van der Waals surface area contributed by atoms with Crippen molar-refractivity contribution >= 4 is 40.6 Å². The Kier molecular flexibility index (Phi) is 5.45. The van der Waals surface area contributed by atoms with Crippen molar-refractivity contribution in [3.05, 3.63) is 23.3 Å². The number of aromatic hydroxyl groups is 1. The predicted octanol–water partition coefficient (Wildman–Crippen LogP) is -1.17. The first-order valence-electron chi connectivity index (χ1n) is 10.8. The lowest BCUT2D eigenvalue weighted by Crippen LogP contribution is -2.74. The third kappa shape index (κ3) is 3.11. The number of phenols is 1. The number of anilines is 1. The molecule has 2 saturated carbocycles. The highest BCUT2D eigenvalue weighted by Gasteiger charge is 2.69. The van der Waals surface area contributed by atoms with Gasteiger partial charge < -0.3 is 21.3 Å². The van der Waals surface area contributed by atoms with E-state index in [4.69, 9.17) is 5.73 Å². The molecule has 1 aromatic carbocycles. The fourth-order valence-electron chi connectivity index (χ4n) is 5.91. The molecule has 180 valence electrons. The summed E-state index contributed by atoms with van der Waals surface area (Å²) in [6, 6.07) is 1.49. The molecule has 3 aliphatic rings. The van der Waals surface area contributed by atoms with Crippen molar-refractivity contribution < 1.29 is 39.0 Å². The number of primary amides is 1. The molecule has 6 atom stereocenters. The monoisotopic (exact) mass is 471 g/mol. The van der Waals surface area contributed by atoms with Crippen LogP contribution in [-0.4, -0.2) is 75.8 Å². The van der Waals surface area contributed by atoms with Gasteiger partial charge in [-0.3, -0.25) is 33.7 Å². The second-order valence-corrected chi connectivity index (χ2v) is 9.46. The average Bonchev–Trinajstić information content (AvgIpc) is 2.72. The summed E-state index contributed by atoms with van der Waals surface area (Å²) in [5, 5.41) is 24.5. The van der Waals surface area contributed by atoms with Crippen LogP contribution in [0.15, 0.2) is 12.1 Å². The van der Waals surface area contributed by atoms with Crippen molar-refractivity contribution in [1.82, 2.24) is 4.90 Å². The molecule has 11 nitrogen and oxygen atoms in total. The maximum Gasteiger partial charge on any atom is 0.235 e. The Morgan fingerprint density at radius 1 is 1.15 bits per heavy atom. The largest absolute Gasteiger partial charge is 0.507 e. The number of aliphatic hydroxyl groups is 1. The Labute approximate surface area is 194 Å². The number of carbonyl (C=O) groups is 6. The van der Waals surface area contributed by atoms with Crippen molar-refractivity contribution in [3.63, 3.8) is 0 Å². The number of carbonyl (C=O) groups excluding carboxylic acids is 6. The van der Waals surface area contributed by atoms with Crippen LogP contribution in [0.4, 0.5) is 5.69 Å². The van der Waals surface area contributed by atoms with E-state index in [1.165, 1.54) is 38.1 Å². The predicted molar refractivity (Wildman–Crippen MR) is 116 cm³/mol.